The van der Waals surface area contributed by atoms with Gasteiger partial charge in [-0.25, -0.2) is 4.98 Å². The Bertz CT molecular complexity index is 613. The van der Waals surface area contributed by atoms with E-state index >= 15 is 0 Å². The Morgan fingerprint density at radius 2 is 2.00 bits per heavy atom. The second kappa shape index (κ2) is 6.12. The zero-order valence-electron chi connectivity index (χ0n) is 12.3. The molecule has 0 bridgehead atoms. The third kappa shape index (κ3) is 3.32. The van der Waals surface area contributed by atoms with E-state index in [1.807, 2.05) is 37.3 Å². The van der Waals surface area contributed by atoms with Crippen LogP contribution in [0.15, 0.2) is 34.7 Å². The normalized spacial score (nSPS) is 15.3. The standard InChI is InChI=1S/C17H20N2O2/c1-12-15(11-16(20)19-14-9-5-6-10-14)21-17(18-12)13-7-3-2-4-8-13/h2-4,7-8,14H,5-6,9-11H2,1H3,(H,19,20). The van der Waals surface area contributed by atoms with Gasteiger partial charge in [0.15, 0.2) is 0 Å². The topological polar surface area (TPSA) is 55.1 Å². The highest BCUT2D eigenvalue weighted by Crippen LogP contribution is 2.22. The summed E-state index contributed by atoms with van der Waals surface area (Å²) >= 11 is 0. The van der Waals surface area contributed by atoms with E-state index in [0.717, 1.165) is 24.1 Å². The van der Waals surface area contributed by atoms with Crippen molar-refractivity contribution in [2.75, 3.05) is 0 Å². The van der Waals surface area contributed by atoms with Gasteiger partial charge in [-0.1, -0.05) is 31.0 Å². The first-order valence-electron chi connectivity index (χ1n) is 7.53. The molecule has 0 spiro atoms. The minimum atomic E-state index is 0.0285. The molecule has 2 aromatic rings. The van der Waals surface area contributed by atoms with Gasteiger partial charge in [0.05, 0.1) is 12.1 Å². The average Bonchev–Trinajstić information content (AvgIpc) is 3.11. The molecular formula is C17H20N2O2. The molecule has 110 valence electrons. The summed E-state index contributed by atoms with van der Waals surface area (Å²) in [6.07, 6.45) is 4.88. The molecule has 4 heteroatoms. The SMILES string of the molecule is Cc1nc(-c2ccccc2)oc1CC(=O)NC1CCCC1. The second-order valence-electron chi connectivity index (χ2n) is 5.62. The Balaban J connectivity index is 1.68. The molecule has 21 heavy (non-hydrogen) atoms. The highest BCUT2D eigenvalue weighted by molar-refractivity contribution is 5.78. The third-order valence-electron chi connectivity index (χ3n) is 3.95. The van der Waals surface area contributed by atoms with Crippen LogP contribution in [-0.4, -0.2) is 16.9 Å². The van der Waals surface area contributed by atoms with Crippen LogP contribution in [0.25, 0.3) is 11.5 Å². The lowest BCUT2D eigenvalue weighted by Crippen LogP contribution is -2.33. The maximum Gasteiger partial charge on any atom is 0.227 e. The average molecular weight is 284 g/mol. The minimum Gasteiger partial charge on any atom is -0.440 e. The first-order valence-corrected chi connectivity index (χ1v) is 7.53. The lowest BCUT2D eigenvalue weighted by molar-refractivity contribution is -0.121. The number of oxazole rings is 1. The monoisotopic (exact) mass is 284 g/mol. The molecule has 1 aliphatic rings. The fourth-order valence-electron chi connectivity index (χ4n) is 2.79. The van der Waals surface area contributed by atoms with Crippen molar-refractivity contribution in [2.24, 2.45) is 0 Å². The molecule has 0 saturated heterocycles. The number of carbonyl (C=O) groups excluding carboxylic acids is 1. The molecule has 1 amide bonds. The maximum absolute atomic E-state index is 12.1. The zero-order chi connectivity index (χ0) is 14.7. The highest BCUT2D eigenvalue weighted by atomic mass is 16.4. The van der Waals surface area contributed by atoms with Crippen molar-refractivity contribution in [3.05, 3.63) is 41.8 Å². The zero-order valence-corrected chi connectivity index (χ0v) is 12.3. The summed E-state index contributed by atoms with van der Waals surface area (Å²) in [7, 11) is 0. The van der Waals surface area contributed by atoms with Gasteiger partial charge in [0, 0.05) is 11.6 Å². The number of hydrogen-bond donors (Lipinski definition) is 1. The van der Waals surface area contributed by atoms with Crippen molar-refractivity contribution < 1.29 is 9.21 Å². The number of aromatic nitrogens is 1. The minimum absolute atomic E-state index is 0.0285. The fraction of sp³-hybridized carbons (Fsp3) is 0.412. The van der Waals surface area contributed by atoms with Gasteiger partial charge in [-0.2, -0.15) is 0 Å². The van der Waals surface area contributed by atoms with Gasteiger partial charge in [0.1, 0.15) is 5.76 Å². The number of hydrogen-bond acceptors (Lipinski definition) is 3. The molecule has 0 radical (unpaired) electrons. The van der Waals surface area contributed by atoms with E-state index in [1.165, 1.54) is 12.8 Å². The van der Waals surface area contributed by atoms with E-state index in [4.69, 9.17) is 4.42 Å². The van der Waals surface area contributed by atoms with Crippen molar-refractivity contribution in [1.82, 2.24) is 10.3 Å². The first-order chi connectivity index (χ1) is 10.2. The molecule has 1 fully saturated rings. The van der Waals surface area contributed by atoms with Crippen molar-refractivity contribution in [3.8, 4) is 11.5 Å². The van der Waals surface area contributed by atoms with Gasteiger partial charge in [-0.15, -0.1) is 0 Å². The van der Waals surface area contributed by atoms with Crippen LogP contribution in [0.3, 0.4) is 0 Å². The summed E-state index contributed by atoms with van der Waals surface area (Å²) in [5.41, 5.74) is 1.72. The van der Waals surface area contributed by atoms with Crippen molar-refractivity contribution in [3.63, 3.8) is 0 Å². The Morgan fingerprint density at radius 3 is 2.71 bits per heavy atom. The summed E-state index contributed by atoms with van der Waals surface area (Å²) in [4.78, 5) is 16.5. The molecule has 0 unspecified atom stereocenters. The van der Waals surface area contributed by atoms with Crippen LogP contribution in [0.4, 0.5) is 0 Å². The van der Waals surface area contributed by atoms with Gasteiger partial charge in [0.25, 0.3) is 0 Å². The summed E-state index contributed by atoms with van der Waals surface area (Å²) in [6, 6.07) is 10.1. The van der Waals surface area contributed by atoms with E-state index in [1.54, 1.807) is 0 Å². The summed E-state index contributed by atoms with van der Waals surface area (Å²) < 4.78 is 5.76. The second-order valence-corrected chi connectivity index (χ2v) is 5.62. The highest BCUT2D eigenvalue weighted by Gasteiger charge is 2.19. The van der Waals surface area contributed by atoms with Crippen molar-refractivity contribution in [1.29, 1.82) is 0 Å². The predicted octanol–water partition coefficient (Wildman–Crippen LogP) is 3.25. The molecule has 4 nitrogen and oxygen atoms in total. The van der Waals surface area contributed by atoms with E-state index < -0.39 is 0 Å². The van der Waals surface area contributed by atoms with Crippen LogP contribution in [0.5, 0.6) is 0 Å². The molecule has 0 aliphatic heterocycles. The molecule has 1 aromatic heterocycles. The van der Waals surface area contributed by atoms with Crippen molar-refractivity contribution in [2.45, 2.75) is 45.1 Å². The molecule has 0 atom stereocenters. The van der Waals surface area contributed by atoms with Crippen LogP contribution < -0.4 is 5.32 Å². The Labute approximate surface area is 124 Å². The molecule has 3 rings (SSSR count). The van der Waals surface area contributed by atoms with Crippen LogP contribution >= 0.6 is 0 Å². The number of benzene rings is 1. The van der Waals surface area contributed by atoms with Crippen LogP contribution in [-0.2, 0) is 11.2 Å². The van der Waals surface area contributed by atoms with Crippen molar-refractivity contribution >= 4 is 5.91 Å². The van der Waals surface area contributed by atoms with Crippen LogP contribution in [0.2, 0.25) is 0 Å². The number of nitrogens with one attached hydrogen (secondary N) is 1. The number of nitrogens with zero attached hydrogens (tertiary/aromatic N) is 1. The largest absolute Gasteiger partial charge is 0.440 e. The van der Waals surface area contributed by atoms with Gasteiger partial charge in [-0.05, 0) is 31.9 Å². The molecule has 1 saturated carbocycles. The smallest absolute Gasteiger partial charge is 0.227 e. The van der Waals surface area contributed by atoms with Crippen LogP contribution in [0, 0.1) is 6.92 Å². The van der Waals surface area contributed by atoms with Gasteiger partial charge >= 0.3 is 0 Å². The predicted molar refractivity (Wildman–Crippen MR) is 80.8 cm³/mol. The lowest BCUT2D eigenvalue weighted by Gasteiger charge is -2.10. The van der Waals surface area contributed by atoms with Gasteiger partial charge in [-0.3, -0.25) is 4.79 Å². The molecule has 1 aromatic carbocycles. The lowest BCUT2D eigenvalue weighted by atomic mass is 10.2. The first kappa shape index (κ1) is 13.9. The summed E-state index contributed by atoms with van der Waals surface area (Å²) in [6.45, 7) is 1.88. The van der Waals surface area contributed by atoms with E-state index in [9.17, 15) is 4.79 Å². The maximum atomic E-state index is 12.1. The molecular weight excluding hydrogens is 264 g/mol. The Kier molecular flexibility index (Phi) is 4.04. The molecule has 1 aliphatic carbocycles. The summed E-state index contributed by atoms with van der Waals surface area (Å²) in [5, 5.41) is 3.08. The van der Waals surface area contributed by atoms with Gasteiger partial charge < -0.3 is 9.73 Å². The fourth-order valence-corrected chi connectivity index (χ4v) is 2.79. The molecule has 1 heterocycles. The number of rotatable bonds is 4. The van der Waals surface area contributed by atoms with E-state index in [2.05, 4.69) is 10.3 Å². The third-order valence-corrected chi connectivity index (χ3v) is 3.95. The van der Waals surface area contributed by atoms with E-state index in [-0.39, 0.29) is 12.3 Å². The van der Waals surface area contributed by atoms with Crippen LogP contribution in [0.1, 0.15) is 37.1 Å². The number of carbonyl (C=O) groups is 1. The quantitative estimate of drug-likeness (QED) is 0.937. The number of aryl methyl sites for hydroxylation is 1. The Hall–Kier alpha value is -2.10. The molecule has 1 N–H and O–H groups in total. The van der Waals surface area contributed by atoms with Gasteiger partial charge in [0.2, 0.25) is 11.8 Å². The summed E-state index contributed by atoms with van der Waals surface area (Å²) in [5.74, 6) is 1.27. The van der Waals surface area contributed by atoms with E-state index in [0.29, 0.717) is 17.7 Å². The Morgan fingerprint density at radius 1 is 1.29 bits per heavy atom. The number of amides is 1.